The van der Waals surface area contributed by atoms with Crippen LogP contribution >= 0.6 is 0 Å². The summed E-state index contributed by atoms with van der Waals surface area (Å²) in [6.07, 6.45) is 29.2. The number of carboxylic acid groups (broad SMARTS) is 1. The van der Waals surface area contributed by atoms with Gasteiger partial charge in [-0.2, -0.15) is 0 Å². The van der Waals surface area contributed by atoms with E-state index in [2.05, 4.69) is 6.92 Å². The lowest BCUT2D eigenvalue weighted by Gasteiger charge is -2.04. The molecule has 0 heterocycles. The van der Waals surface area contributed by atoms with Crippen LogP contribution in [0.1, 0.15) is 142 Å². The van der Waals surface area contributed by atoms with Gasteiger partial charge in [0, 0.05) is 5.57 Å². The molecular formula is C25H48O2. The molecule has 2 heteroatoms. The molecule has 0 aromatic rings. The van der Waals surface area contributed by atoms with Crippen LogP contribution in [0.2, 0.25) is 0 Å². The third-order valence-corrected chi connectivity index (χ3v) is 5.60. The molecule has 0 saturated carbocycles. The van der Waals surface area contributed by atoms with Crippen LogP contribution in [0, 0.1) is 0 Å². The minimum Gasteiger partial charge on any atom is -0.478 e. The van der Waals surface area contributed by atoms with E-state index in [1.807, 2.05) is 6.08 Å². The lowest BCUT2D eigenvalue weighted by Crippen LogP contribution is -1.95. The standard InChI is InChI=1S/C25H48O2/c1-3-4-5-6-7-8-9-10-11-12-13-14-15-16-17-18-19-20-21-22-23-24(2)25(26)27/h23H,3-22H2,1-2H3,(H,26,27). The topological polar surface area (TPSA) is 37.3 Å². The molecule has 0 fully saturated rings. The van der Waals surface area contributed by atoms with E-state index < -0.39 is 5.97 Å². The highest BCUT2D eigenvalue weighted by molar-refractivity contribution is 5.85. The first kappa shape index (κ1) is 26.2. The first-order valence-corrected chi connectivity index (χ1v) is 12.1. The highest BCUT2D eigenvalue weighted by Crippen LogP contribution is 2.15. The molecule has 0 amide bonds. The van der Waals surface area contributed by atoms with Crippen LogP contribution in [0.5, 0.6) is 0 Å². The minimum atomic E-state index is -0.784. The molecule has 0 unspecified atom stereocenters. The van der Waals surface area contributed by atoms with Gasteiger partial charge in [0.25, 0.3) is 0 Å². The zero-order chi connectivity index (χ0) is 20.0. The van der Waals surface area contributed by atoms with Gasteiger partial charge >= 0.3 is 5.97 Å². The van der Waals surface area contributed by atoms with Crippen molar-refractivity contribution in [2.24, 2.45) is 0 Å². The highest BCUT2D eigenvalue weighted by Gasteiger charge is 1.98. The van der Waals surface area contributed by atoms with Crippen molar-refractivity contribution in [2.75, 3.05) is 0 Å². The number of rotatable bonds is 21. The maximum Gasteiger partial charge on any atom is 0.330 e. The summed E-state index contributed by atoms with van der Waals surface area (Å²) >= 11 is 0. The fourth-order valence-electron chi connectivity index (χ4n) is 3.63. The predicted molar refractivity (Wildman–Crippen MR) is 119 cm³/mol. The number of aliphatic carboxylic acids is 1. The number of carbonyl (C=O) groups is 1. The van der Waals surface area contributed by atoms with Gasteiger partial charge in [-0.15, -0.1) is 0 Å². The highest BCUT2D eigenvalue weighted by atomic mass is 16.4. The zero-order valence-electron chi connectivity index (χ0n) is 18.6. The first-order valence-electron chi connectivity index (χ1n) is 12.1. The summed E-state index contributed by atoms with van der Waals surface area (Å²) in [5, 5.41) is 8.77. The summed E-state index contributed by atoms with van der Waals surface area (Å²) in [6.45, 7) is 3.96. The average Bonchev–Trinajstić information content (AvgIpc) is 2.66. The van der Waals surface area contributed by atoms with E-state index in [0.717, 1.165) is 12.8 Å². The Hall–Kier alpha value is -0.790. The molecule has 0 spiro atoms. The van der Waals surface area contributed by atoms with Crippen LogP contribution in [-0.2, 0) is 4.79 Å². The third-order valence-electron chi connectivity index (χ3n) is 5.60. The van der Waals surface area contributed by atoms with Crippen molar-refractivity contribution < 1.29 is 9.90 Å². The maximum atomic E-state index is 10.7. The second kappa shape index (κ2) is 21.5. The molecule has 0 aliphatic carbocycles. The van der Waals surface area contributed by atoms with E-state index in [1.54, 1.807) is 6.92 Å². The van der Waals surface area contributed by atoms with Crippen LogP contribution in [0.15, 0.2) is 11.6 Å². The van der Waals surface area contributed by atoms with Gasteiger partial charge in [-0.3, -0.25) is 0 Å². The molecule has 0 aromatic carbocycles. The van der Waals surface area contributed by atoms with Gasteiger partial charge in [-0.25, -0.2) is 4.79 Å². The molecule has 0 radical (unpaired) electrons. The van der Waals surface area contributed by atoms with Gasteiger partial charge in [0.15, 0.2) is 0 Å². The Bertz CT molecular complexity index is 346. The fourth-order valence-corrected chi connectivity index (χ4v) is 3.63. The Kier molecular flexibility index (Phi) is 20.9. The maximum absolute atomic E-state index is 10.7. The van der Waals surface area contributed by atoms with Crippen molar-refractivity contribution in [1.29, 1.82) is 0 Å². The largest absolute Gasteiger partial charge is 0.478 e. The monoisotopic (exact) mass is 380 g/mol. The minimum absolute atomic E-state index is 0.484. The van der Waals surface area contributed by atoms with E-state index in [9.17, 15) is 4.79 Å². The van der Waals surface area contributed by atoms with Crippen LogP contribution in [-0.4, -0.2) is 11.1 Å². The van der Waals surface area contributed by atoms with Gasteiger partial charge in [-0.1, -0.05) is 129 Å². The van der Waals surface area contributed by atoms with Gasteiger partial charge in [0.05, 0.1) is 0 Å². The molecule has 0 aliphatic rings. The Morgan fingerprint density at radius 1 is 0.593 bits per heavy atom. The van der Waals surface area contributed by atoms with Crippen LogP contribution in [0.4, 0.5) is 0 Å². The molecule has 1 N–H and O–H groups in total. The van der Waals surface area contributed by atoms with Crippen LogP contribution in [0.25, 0.3) is 0 Å². The molecule has 2 nitrogen and oxygen atoms in total. The Balaban J connectivity index is 3.09. The number of hydrogen-bond donors (Lipinski definition) is 1. The second-order valence-corrected chi connectivity index (χ2v) is 8.34. The number of carboxylic acids is 1. The molecule has 0 rings (SSSR count). The Morgan fingerprint density at radius 3 is 1.19 bits per heavy atom. The summed E-state index contributed by atoms with van der Waals surface area (Å²) in [5.41, 5.74) is 0.484. The summed E-state index contributed by atoms with van der Waals surface area (Å²) < 4.78 is 0. The fraction of sp³-hybridized carbons (Fsp3) is 0.880. The van der Waals surface area contributed by atoms with E-state index in [4.69, 9.17) is 5.11 Å². The van der Waals surface area contributed by atoms with E-state index in [1.165, 1.54) is 116 Å². The van der Waals surface area contributed by atoms with Gasteiger partial charge in [-0.05, 0) is 19.8 Å². The Labute approximate surface area is 170 Å². The molecule has 0 atom stereocenters. The number of unbranched alkanes of at least 4 members (excludes halogenated alkanes) is 19. The van der Waals surface area contributed by atoms with Crippen LogP contribution in [0.3, 0.4) is 0 Å². The van der Waals surface area contributed by atoms with Crippen molar-refractivity contribution in [1.82, 2.24) is 0 Å². The van der Waals surface area contributed by atoms with Gasteiger partial charge < -0.3 is 5.11 Å². The molecule has 0 aromatic heterocycles. The second-order valence-electron chi connectivity index (χ2n) is 8.34. The summed E-state index contributed by atoms with van der Waals surface area (Å²) in [7, 11) is 0. The lowest BCUT2D eigenvalue weighted by atomic mass is 10.0. The normalized spacial score (nSPS) is 11.9. The van der Waals surface area contributed by atoms with Crippen LogP contribution < -0.4 is 0 Å². The lowest BCUT2D eigenvalue weighted by molar-refractivity contribution is -0.132. The zero-order valence-corrected chi connectivity index (χ0v) is 18.6. The smallest absolute Gasteiger partial charge is 0.330 e. The van der Waals surface area contributed by atoms with Crippen molar-refractivity contribution in [3.8, 4) is 0 Å². The third kappa shape index (κ3) is 21.4. The average molecular weight is 381 g/mol. The molecule has 0 saturated heterocycles. The summed E-state index contributed by atoms with van der Waals surface area (Å²) in [5.74, 6) is -0.784. The van der Waals surface area contributed by atoms with E-state index >= 15 is 0 Å². The van der Waals surface area contributed by atoms with E-state index in [0.29, 0.717) is 5.57 Å². The molecule has 27 heavy (non-hydrogen) atoms. The van der Waals surface area contributed by atoms with Gasteiger partial charge in [0.2, 0.25) is 0 Å². The number of allylic oxidation sites excluding steroid dienone is 1. The number of hydrogen-bond acceptors (Lipinski definition) is 1. The molecular weight excluding hydrogens is 332 g/mol. The molecule has 160 valence electrons. The summed E-state index contributed by atoms with van der Waals surface area (Å²) in [4.78, 5) is 10.7. The van der Waals surface area contributed by atoms with Crippen molar-refractivity contribution in [3.05, 3.63) is 11.6 Å². The molecule has 0 bridgehead atoms. The predicted octanol–water partition coefficient (Wildman–Crippen LogP) is 8.84. The first-order chi connectivity index (χ1) is 13.2. The van der Waals surface area contributed by atoms with Crippen molar-refractivity contribution in [3.63, 3.8) is 0 Å². The quantitative estimate of drug-likeness (QED) is 0.159. The Morgan fingerprint density at radius 2 is 0.889 bits per heavy atom. The van der Waals surface area contributed by atoms with Crippen molar-refractivity contribution >= 4 is 5.97 Å². The SMILES string of the molecule is CCCCCCCCCCCCCCCCCCCCCC=C(C)C(=O)O. The molecule has 0 aliphatic heterocycles. The van der Waals surface area contributed by atoms with E-state index in [-0.39, 0.29) is 0 Å². The van der Waals surface area contributed by atoms with Gasteiger partial charge in [0.1, 0.15) is 0 Å². The van der Waals surface area contributed by atoms with Crippen molar-refractivity contribution in [2.45, 2.75) is 142 Å². The summed E-state index contributed by atoms with van der Waals surface area (Å²) in [6, 6.07) is 0.